The number of carbonyl (C=O) groups is 1. The van der Waals surface area contributed by atoms with Crippen molar-refractivity contribution in [3.05, 3.63) is 62.8 Å². The summed E-state index contributed by atoms with van der Waals surface area (Å²) in [6.45, 7) is 1.61. The Morgan fingerprint density at radius 1 is 1.14 bits per heavy atom. The number of primary amides is 1. The quantitative estimate of drug-likeness (QED) is 0.535. The van der Waals surface area contributed by atoms with Crippen LogP contribution in [-0.4, -0.2) is 18.2 Å². The predicted molar refractivity (Wildman–Crippen MR) is 113 cm³/mol. The second-order valence-electron chi connectivity index (χ2n) is 5.95. The van der Waals surface area contributed by atoms with E-state index in [1.54, 1.807) is 50.4 Å². The van der Waals surface area contributed by atoms with Crippen molar-refractivity contribution in [1.82, 2.24) is 5.16 Å². The second kappa shape index (κ2) is 8.21. The summed E-state index contributed by atoms with van der Waals surface area (Å²) in [5.74, 6) is 0.294. The maximum Gasteiger partial charge on any atom is 0.338 e. The van der Waals surface area contributed by atoms with E-state index >= 15 is 0 Å². The number of hydrogen-bond acceptors (Lipinski definition) is 5. The van der Waals surface area contributed by atoms with Crippen molar-refractivity contribution in [2.45, 2.75) is 6.92 Å². The highest BCUT2D eigenvalue weighted by Crippen LogP contribution is 2.42. The van der Waals surface area contributed by atoms with Gasteiger partial charge < -0.3 is 10.3 Å². The minimum Gasteiger partial charge on any atom is -0.359 e. The van der Waals surface area contributed by atoms with Crippen LogP contribution in [0.3, 0.4) is 0 Å². The Morgan fingerprint density at radius 2 is 1.72 bits per heavy atom. The number of urea groups is 1. The molecule has 148 valence electrons. The topological polar surface area (TPSA) is 99.4 Å². The Kier molecular flexibility index (Phi) is 5.89. The summed E-state index contributed by atoms with van der Waals surface area (Å²) >= 11 is 18.8. The lowest BCUT2D eigenvalue weighted by Crippen LogP contribution is -2.48. The number of benzene rings is 2. The maximum absolute atomic E-state index is 12.5. The lowest BCUT2D eigenvalue weighted by Gasteiger charge is -2.32. The lowest BCUT2D eigenvalue weighted by molar-refractivity contribution is 0.253. The molecule has 3 aromatic rings. The molecule has 7 nitrogen and oxygen atoms in total. The van der Waals surface area contributed by atoms with Crippen LogP contribution >= 0.6 is 34.8 Å². The monoisotopic (exact) mass is 449 g/mol. The number of carbonyl (C=O) groups excluding carboxylic acids is 1. The molecule has 1 aromatic heterocycles. The molecule has 29 heavy (non-hydrogen) atoms. The predicted octanol–water partition coefficient (Wildman–Crippen LogP) is 5.42. The van der Waals surface area contributed by atoms with Gasteiger partial charge in [0.05, 0.1) is 26.3 Å². The van der Waals surface area contributed by atoms with Gasteiger partial charge in [-0.25, -0.2) is 4.79 Å². The fraction of sp³-hybridized carbons (Fsp3) is 0.105. The molecular weight excluding hydrogens is 437 g/mol. The van der Waals surface area contributed by atoms with Crippen molar-refractivity contribution in [3.8, 4) is 17.3 Å². The number of amides is 2. The molecule has 1 heterocycles. The summed E-state index contributed by atoms with van der Waals surface area (Å²) in [5.41, 5.74) is 7.06. The fourth-order valence-corrected chi connectivity index (χ4v) is 3.70. The van der Waals surface area contributed by atoms with E-state index in [0.29, 0.717) is 27.1 Å². The molecule has 0 atom stereocenters. The van der Waals surface area contributed by atoms with Crippen molar-refractivity contribution in [3.63, 3.8) is 0 Å². The summed E-state index contributed by atoms with van der Waals surface area (Å²) in [7, 11) is 1.56. The van der Waals surface area contributed by atoms with E-state index < -0.39 is 6.03 Å². The summed E-state index contributed by atoms with van der Waals surface area (Å²) in [5, 5.41) is 16.9. The van der Waals surface area contributed by atoms with Gasteiger partial charge in [-0.15, -0.1) is 0 Å². The normalized spacial score (nSPS) is 10.5. The van der Waals surface area contributed by atoms with E-state index in [1.807, 2.05) is 6.07 Å². The van der Waals surface area contributed by atoms with Crippen LogP contribution in [0, 0.1) is 18.3 Å². The molecular formula is C19H14Cl3N5O2. The SMILES string of the molecule is Cc1onc(-c2c(Cl)cccc2Cl)c1N(C(N)=O)N(C)c1cccc(Cl)c1C#N. The third-order valence-corrected chi connectivity index (χ3v) is 5.15. The van der Waals surface area contributed by atoms with E-state index in [4.69, 9.17) is 45.1 Å². The first-order valence-corrected chi connectivity index (χ1v) is 9.33. The average Bonchev–Trinajstić information content (AvgIpc) is 3.02. The molecule has 10 heteroatoms. The molecule has 0 saturated carbocycles. The number of hydrogen-bond donors (Lipinski definition) is 1. The zero-order valence-electron chi connectivity index (χ0n) is 15.3. The highest BCUT2D eigenvalue weighted by atomic mass is 35.5. The average molecular weight is 451 g/mol. The molecule has 2 N–H and O–H groups in total. The molecule has 0 saturated heterocycles. The summed E-state index contributed by atoms with van der Waals surface area (Å²) in [4.78, 5) is 12.5. The molecule has 0 aliphatic heterocycles. The van der Waals surface area contributed by atoms with E-state index in [-0.39, 0.29) is 22.0 Å². The number of hydrazine groups is 1. The molecule has 0 unspecified atom stereocenters. The van der Waals surface area contributed by atoms with Crippen LogP contribution in [0.4, 0.5) is 16.2 Å². The van der Waals surface area contributed by atoms with Gasteiger partial charge in [0.2, 0.25) is 0 Å². The minimum absolute atomic E-state index is 0.175. The van der Waals surface area contributed by atoms with Crippen LogP contribution in [-0.2, 0) is 0 Å². The van der Waals surface area contributed by atoms with E-state index in [2.05, 4.69) is 5.16 Å². The van der Waals surface area contributed by atoms with E-state index in [1.165, 1.54) is 5.01 Å². The molecule has 2 aromatic carbocycles. The molecule has 2 amide bonds. The maximum atomic E-state index is 12.5. The Balaban J connectivity index is 2.23. The summed E-state index contributed by atoms with van der Waals surface area (Å²) < 4.78 is 5.32. The van der Waals surface area contributed by atoms with Crippen LogP contribution in [0.15, 0.2) is 40.9 Å². The van der Waals surface area contributed by atoms with Crippen LogP contribution in [0.2, 0.25) is 15.1 Å². The first kappa shape index (κ1) is 20.8. The number of aryl methyl sites for hydroxylation is 1. The molecule has 0 aliphatic rings. The van der Waals surface area contributed by atoms with Gasteiger partial charge in [-0.3, -0.25) is 5.01 Å². The molecule has 0 spiro atoms. The van der Waals surface area contributed by atoms with Gasteiger partial charge in [0.25, 0.3) is 0 Å². The Bertz CT molecular complexity index is 1120. The fourth-order valence-electron chi connectivity index (χ4n) is 2.91. The van der Waals surface area contributed by atoms with Crippen molar-refractivity contribution in [1.29, 1.82) is 5.26 Å². The van der Waals surface area contributed by atoms with Gasteiger partial charge in [-0.1, -0.05) is 52.1 Å². The third-order valence-electron chi connectivity index (χ3n) is 4.20. The standard InChI is InChI=1S/C19H14Cl3N5O2/c1-10-18(17(25-29-10)16-13(21)6-3-7-14(16)22)27(19(24)28)26(2)15-8-4-5-12(20)11(15)9-23/h3-8H,1-2H3,(H2,24,28). The minimum atomic E-state index is -0.841. The van der Waals surface area contributed by atoms with Crippen LogP contribution < -0.4 is 15.8 Å². The van der Waals surface area contributed by atoms with Gasteiger partial charge in [-0.05, 0) is 31.2 Å². The number of aromatic nitrogens is 1. The number of nitriles is 1. The van der Waals surface area contributed by atoms with Crippen LogP contribution in [0.5, 0.6) is 0 Å². The van der Waals surface area contributed by atoms with Gasteiger partial charge in [0.1, 0.15) is 17.5 Å². The number of nitrogens with zero attached hydrogens (tertiary/aromatic N) is 4. The summed E-state index contributed by atoms with van der Waals surface area (Å²) in [6, 6.07) is 11.0. The van der Waals surface area contributed by atoms with Gasteiger partial charge >= 0.3 is 6.03 Å². The van der Waals surface area contributed by atoms with Gasteiger partial charge in [0, 0.05) is 12.6 Å². The Hall–Kier alpha value is -2.92. The van der Waals surface area contributed by atoms with Crippen molar-refractivity contribution < 1.29 is 9.32 Å². The van der Waals surface area contributed by atoms with Gasteiger partial charge in [-0.2, -0.15) is 10.3 Å². The first-order chi connectivity index (χ1) is 13.8. The van der Waals surface area contributed by atoms with Crippen molar-refractivity contribution in [2.24, 2.45) is 5.73 Å². The first-order valence-electron chi connectivity index (χ1n) is 8.20. The zero-order valence-corrected chi connectivity index (χ0v) is 17.5. The summed E-state index contributed by atoms with van der Waals surface area (Å²) in [6.07, 6.45) is 0. The lowest BCUT2D eigenvalue weighted by atomic mass is 10.1. The van der Waals surface area contributed by atoms with Crippen LogP contribution in [0.25, 0.3) is 11.3 Å². The van der Waals surface area contributed by atoms with Crippen molar-refractivity contribution >= 4 is 52.2 Å². The number of nitrogens with two attached hydrogens (primary N) is 1. The number of rotatable bonds is 4. The molecule has 3 rings (SSSR count). The number of anilines is 2. The Morgan fingerprint density at radius 3 is 2.31 bits per heavy atom. The molecule has 0 bridgehead atoms. The van der Waals surface area contributed by atoms with Crippen LogP contribution in [0.1, 0.15) is 11.3 Å². The molecule has 0 fully saturated rings. The Labute approximate surface area is 181 Å². The molecule has 0 radical (unpaired) electrons. The van der Waals surface area contributed by atoms with Gasteiger partial charge in [0.15, 0.2) is 5.76 Å². The smallest absolute Gasteiger partial charge is 0.338 e. The van der Waals surface area contributed by atoms with E-state index in [9.17, 15) is 10.1 Å². The number of halogens is 3. The third kappa shape index (κ3) is 3.70. The highest BCUT2D eigenvalue weighted by molar-refractivity contribution is 6.39. The molecule has 0 aliphatic carbocycles. The zero-order chi connectivity index (χ0) is 21.3. The van der Waals surface area contributed by atoms with Crippen molar-refractivity contribution in [2.75, 3.05) is 17.1 Å². The largest absolute Gasteiger partial charge is 0.359 e. The highest BCUT2D eigenvalue weighted by Gasteiger charge is 2.31. The second-order valence-corrected chi connectivity index (χ2v) is 7.17. The van der Waals surface area contributed by atoms with E-state index in [0.717, 1.165) is 5.01 Å².